The summed E-state index contributed by atoms with van der Waals surface area (Å²) < 4.78 is 10.7. The molecule has 3 rings (SSSR count). The standard InChI is InChI=1S/C20H17ClN2O4/c1-12(19(24)23-16-8-5-11-22-18(16)21)27-20(25)15-9-10-17(26-2)14-7-4-3-6-13(14)15/h3-12H,1-2H3,(H,23,24)/t12-/m0/s1. The maximum absolute atomic E-state index is 12.6. The van der Waals surface area contributed by atoms with E-state index < -0.39 is 18.0 Å². The molecule has 27 heavy (non-hydrogen) atoms. The number of carbonyl (C=O) groups is 2. The van der Waals surface area contributed by atoms with Crippen LogP contribution in [0.5, 0.6) is 5.75 Å². The first kappa shape index (κ1) is 18.7. The molecule has 3 aromatic rings. The Morgan fingerprint density at radius 1 is 1.07 bits per heavy atom. The van der Waals surface area contributed by atoms with Crippen LogP contribution in [0, 0.1) is 0 Å². The third-order valence-corrected chi connectivity index (χ3v) is 4.30. The zero-order valence-corrected chi connectivity index (χ0v) is 15.5. The van der Waals surface area contributed by atoms with E-state index in [1.54, 1.807) is 37.4 Å². The topological polar surface area (TPSA) is 77.5 Å². The third kappa shape index (κ3) is 4.01. The lowest BCUT2D eigenvalue weighted by Gasteiger charge is -2.15. The van der Waals surface area contributed by atoms with Gasteiger partial charge in [0.15, 0.2) is 11.3 Å². The second-order valence-corrected chi connectivity index (χ2v) is 6.10. The molecule has 0 aliphatic heterocycles. The van der Waals surface area contributed by atoms with Crippen molar-refractivity contribution in [2.45, 2.75) is 13.0 Å². The summed E-state index contributed by atoms with van der Waals surface area (Å²) in [7, 11) is 1.57. The highest BCUT2D eigenvalue weighted by Crippen LogP contribution is 2.29. The quantitative estimate of drug-likeness (QED) is 0.529. The van der Waals surface area contributed by atoms with Crippen LogP contribution in [0.3, 0.4) is 0 Å². The summed E-state index contributed by atoms with van der Waals surface area (Å²) in [4.78, 5) is 28.8. The molecule has 1 N–H and O–H groups in total. The lowest BCUT2D eigenvalue weighted by atomic mass is 10.0. The molecule has 0 saturated carbocycles. The predicted octanol–water partition coefficient (Wildman–Crippen LogP) is 4.08. The molecule has 0 spiro atoms. The van der Waals surface area contributed by atoms with Crippen molar-refractivity contribution in [1.29, 1.82) is 0 Å². The Balaban J connectivity index is 1.78. The highest BCUT2D eigenvalue weighted by molar-refractivity contribution is 6.32. The van der Waals surface area contributed by atoms with Crippen molar-refractivity contribution < 1.29 is 19.1 Å². The van der Waals surface area contributed by atoms with Crippen molar-refractivity contribution in [3.8, 4) is 5.75 Å². The predicted molar refractivity (Wildman–Crippen MR) is 103 cm³/mol. The van der Waals surface area contributed by atoms with Crippen molar-refractivity contribution in [3.63, 3.8) is 0 Å². The number of nitrogens with zero attached hydrogens (tertiary/aromatic N) is 1. The number of aromatic nitrogens is 1. The van der Waals surface area contributed by atoms with Gasteiger partial charge in [-0.15, -0.1) is 0 Å². The number of rotatable bonds is 5. The molecule has 1 heterocycles. The fraction of sp³-hybridized carbons (Fsp3) is 0.150. The second kappa shape index (κ2) is 8.05. The number of halogens is 1. The average Bonchev–Trinajstić information content (AvgIpc) is 2.68. The minimum absolute atomic E-state index is 0.158. The van der Waals surface area contributed by atoms with Crippen LogP contribution in [-0.2, 0) is 9.53 Å². The molecule has 1 amide bonds. The molecule has 0 radical (unpaired) electrons. The molecule has 0 fully saturated rings. The molecular weight excluding hydrogens is 368 g/mol. The molecule has 0 aliphatic carbocycles. The normalized spacial score (nSPS) is 11.7. The van der Waals surface area contributed by atoms with E-state index in [2.05, 4.69) is 10.3 Å². The van der Waals surface area contributed by atoms with Gasteiger partial charge in [-0.3, -0.25) is 4.79 Å². The third-order valence-electron chi connectivity index (χ3n) is 3.99. The van der Waals surface area contributed by atoms with E-state index in [0.29, 0.717) is 22.4 Å². The summed E-state index contributed by atoms with van der Waals surface area (Å²) in [6.45, 7) is 1.49. The lowest BCUT2D eigenvalue weighted by Crippen LogP contribution is -2.30. The van der Waals surface area contributed by atoms with Crippen molar-refractivity contribution in [3.05, 3.63) is 65.4 Å². The smallest absolute Gasteiger partial charge is 0.339 e. The van der Waals surface area contributed by atoms with Gasteiger partial charge in [-0.05, 0) is 36.6 Å². The number of nitrogens with one attached hydrogen (secondary N) is 1. The van der Waals surface area contributed by atoms with Crippen molar-refractivity contribution in [2.75, 3.05) is 12.4 Å². The van der Waals surface area contributed by atoms with Crippen molar-refractivity contribution in [1.82, 2.24) is 4.98 Å². The summed E-state index contributed by atoms with van der Waals surface area (Å²) in [6.07, 6.45) is 0.491. The minimum atomic E-state index is -1.02. The fourth-order valence-electron chi connectivity index (χ4n) is 2.62. The molecule has 138 valence electrons. The Hall–Kier alpha value is -3.12. The summed E-state index contributed by atoms with van der Waals surface area (Å²) in [5.41, 5.74) is 0.701. The molecule has 0 unspecified atom stereocenters. The largest absolute Gasteiger partial charge is 0.496 e. The fourth-order valence-corrected chi connectivity index (χ4v) is 2.79. The van der Waals surface area contributed by atoms with Crippen LogP contribution in [0.4, 0.5) is 5.69 Å². The molecule has 7 heteroatoms. The highest BCUT2D eigenvalue weighted by atomic mass is 35.5. The van der Waals surface area contributed by atoms with Gasteiger partial charge in [0, 0.05) is 11.6 Å². The summed E-state index contributed by atoms with van der Waals surface area (Å²) in [5.74, 6) is -0.455. The maximum Gasteiger partial charge on any atom is 0.339 e. The Morgan fingerprint density at radius 3 is 2.52 bits per heavy atom. The average molecular weight is 385 g/mol. The first-order chi connectivity index (χ1) is 13.0. The molecule has 2 aromatic carbocycles. The number of anilines is 1. The van der Waals surface area contributed by atoms with Gasteiger partial charge in [0.05, 0.1) is 18.4 Å². The number of amides is 1. The number of methoxy groups -OCH3 is 1. The Kier molecular flexibility index (Phi) is 5.57. The van der Waals surface area contributed by atoms with E-state index in [4.69, 9.17) is 21.1 Å². The van der Waals surface area contributed by atoms with Crippen LogP contribution >= 0.6 is 11.6 Å². The molecule has 0 bridgehead atoms. The zero-order chi connectivity index (χ0) is 19.4. The van der Waals surface area contributed by atoms with Crippen LogP contribution in [0.1, 0.15) is 17.3 Å². The van der Waals surface area contributed by atoms with Crippen LogP contribution < -0.4 is 10.1 Å². The first-order valence-electron chi connectivity index (χ1n) is 8.19. The van der Waals surface area contributed by atoms with Crippen LogP contribution in [0.25, 0.3) is 10.8 Å². The van der Waals surface area contributed by atoms with Crippen molar-refractivity contribution in [2.24, 2.45) is 0 Å². The van der Waals surface area contributed by atoms with E-state index >= 15 is 0 Å². The van der Waals surface area contributed by atoms with E-state index in [0.717, 1.165) is 5.39 Å². The maximum atomic E-state index is 12.6. The zero-order valence-electron chi connectivity index (χ0n) is 14.7. The van der Waals surface area contributed by atoms with Crippen LogP contribution in [-0.4, -0.2) is 30.1 Å². The lowest BCUT2D eigenvalue weighted by molar-refractivity contribution is -0.123. The number of esters is 1. The van der Waals surface area contributed by atoms with Gasteiger partial charge < -0.3 is 14.8 Å². The monoisotopic (exact) mass is 384 g/mol. The van der Waals surface area contributed by atoms with Gasteiger partial charge in [0.25, 0.3) is 5.91 Å². The number of pyridine rings is 1. The molecule has 0 aliphatic rings. The Bertz CT molecular complexity index is 1010. The van der Waals surface area contributed by atoms with Gasteiger partial charge in [0.2, 0.25) is 0 Å². The molecule has 1 atom stereocenters. The van der Waals surface area contributed by atoms with E-state index in [1.165, 1.54) is 13.1 Å². The number of hydrogen-bond acceptors (Lipinski definition) is 5. The molecular formula is C20H17ClN2O4. The molecule has 1 aromatic heterocycles. The SMILES string of the molecule is COc1ccc(C(=O)O[C@@H](C)C(=O)Nc2cccnc2Cl)c2ccccc12. The van der Waals surface area contributed by atoms with E-state index in [-0.39, 0.29) is 5.15 Å². The number of fused-ring (bicyclic) bond motifs is 1. The van der Waals surface area contributed by atoms with Gasteiger partial charge in [-0.2, -0.15) is 0 Å². The van der Waals surface area contributed by atoms with Gasteiger partial charge in [-0.25, -0.2) is 9.78 Å². The first-order valence-corrected chi connectivity index (χ1v) is 8.57. The van der Waals surface area contributed by atoms with Crippen LogP contribution in [0.2, 0.25) is 5.15 Å². The summed E-state index contributed by atoms with van der Waals surface area (Å²) in [5, 5.41) is 4.22. The molecule has 6 nitrogen and oxygen atoms in total. The molecule has 0 saturated heterocycles. The van der Waals surface area contributed by atoms with Gasteiger partial charge in [0.1, 0.15) is 5.75 Å². The van der Waals surface area contributed by atoms with Gasteiger partial charge in [-0.1, -0.05) is 35.9 Å². The summed E-state index contributed by atoms with van der Waals surface area (Å²) in [6, 6.07) is 13.9. The second-order valence-electron chi connectivity index (χ2n) is 5.74. The number of ether oxygens (including phenoxy) is 2. The highest BCUT2D eigenvalue weighted by Gasteiger charge is 2.21. The number of hydrogen-bond donors (Lipinski definition) is 1. The minimum Gasteiger partial charge on any atom is -0.496 e. The van der Waals surface area contributed by atoms with E-state index in [9.17, 15) is 9.59 Å². The Morgan fingerprint density at radius 2 is 1.81 bits per heavy atom. The number of benzene rings is 2. The Labute approximate surface area is 161 Å². The number of carbonyl (C=O) groups excluding carboxylic acids is 2. The van der Waals surface area contributed by atoms with Crippen molar-refractivity contribution >= 4 is 39.9 Å². The van der Waals surface area contributed by atoms with Gasteiger partial charge >= 0.3 is 5.97 Å². The van der Waals surface area contributed by atoms with Crippen LogP contribution in [0.15, 0.2) is 54.7 Å². The summed E-state index contributed by atoms with van der Waals surface area (Å²) >= 11 is 5.92. The van der Waals surface area contributed by atoms with E-state index in [1.807, 2.05) is 18.2 Å².